The molecule has 0 bridgehead atoms. The van der Waals surface area contributed by atoms with E-state index < -0.39 is 14.6 Å². The van der Waals surface area contributed by atoms with Gasteiger partial charge in [-0.3, -0.25) is 4.79 Å². The Hall–Kier alpha value is -2.30. The highest BCUT2D eigenvalue weighted by Crippen LogP contribution is 2.39. The molecule has 0 aromatic heterocycles. The zero-order valence-electron chi connectivity index (χ0n) is 28.1. The molecule has 9 nitrogen and oxygen atoms in total. The maximum atomic E-state index is 14.0. The summed E-state index contributed by atoms with van der Waals surface area (Å²) in [4.78, 5) is 30.9. The van der Waals surface area contributed by atoms with Gasteiger partial charge in [0, 0.05) is 63.2 Å². The van der Waals surface area contributed by atoms with Crippen molar-refractivity contribution in [1.29, 1.82) is 0 Å². The highest BCUT2D eigenvalue weighted by atomic mass is 28.3. The molecule has 0 N–H and O–H groups in total. The summed E-state index contributed by atoms with van der Waals surface area (Å²) in [6.07, 6.45) is 0.347. The van der Waals surface area contributed by atoms with Gasteiger partial charge in [0.2, 0.25) is 0 Å². The van der Waals surface area contributed by atoms with Gasteiger partial charge in [-0.25, -0.2) is 4.79 Å². The Morgan fingerprint density at radius 1 is 1.02 bits per heavy atom. The molecule has 1 aliphatic heterocycles. The summed E-state index contributed by atoms with van der Waals surface area (Å²) < 4.78 is 29.0. The van der Waals surface area contributed by atoms with E-state index in [0.29, 0.717) is 49.9 Å². The maximum absolute atomic E-state index is 14.0. The molecule has 240 valence electrons. The number of hydrogen-bond donors (Lipinski definition) is 0. The number of likely N-dealkylation sites (tertiary alicyclic amines) is 1. The van der Waals surface area contributed by atoms with Crippen molar-refractivity contribution in [2.24, 2.45) is 17.3 Å². The fourth-order valence-electron chi connectivity index (χ4n) is 5.40. The highest BCUT2D eigenvalue weighted by molar-refractivity contribution is 6.48. The molecular formula is C32H56N2O7Si. The Labute approximate surface area is 255 Å². The zero-order valence-corrected chi connectivity index (χ0v) is 29.3. The lowest BCUT2D eigenvalue weighted by molar-refractivity contribution is 0.00989. The quantitative estimate of drug-likeness (QED) is 0.205. The van der Waals surface area contributed by atoms with E-state index in [0.717, 1.165) is 6.42 Å². The van der Waals surface area contributed by atoms with Crippen LogP contribution in [0.4, 0.5) is 4.79 Å². The van der Waals surface area contributed by atoms with E-state index in [9.17, 15) is 9.59 Å². The van der Waals surface area contributed by atoms with Crippen molar-refractivity contribution in [3.63, 3.8) is 0 Å². The molecular weight excluding hydrogens is 552 g/mol. The summed E-state index contributed by atoms with van der Waals surface area (Å²) in [5.74, 6) is 1.09. The average Bonchev–Trinajstić information content (AvgIpc) is 3.29. The summed E-state index contributed by atoms with van der Waals surface area (Å²) in [5.41, 5.74) is -0.197. The number of carbonyl (C=O) groups is 2. The highest BCUT2D eigenvalue weighted by Gasteiger charge is 2.46. The minimum atomic E-state index is -1.39. The lowest BCUT2D eigenvalue weighted by Gasteiger charge is -2.40. The van der Waals surface area contributed by atoms with Gasteiger partial charge in [0.25, 0.3) is 5.91 Å². The molecule has 1 unspecified atom stereocenters. The van der Waals surface area contributed by atoms with E-state index in [4.69, 9.17) is 23.4 Å². The lowest BCUT2D eigenvalue weighted by Crippen LogP contribution is -2.47. The maximum Gasteiger partial charge on any atom is 0.410 e. The Bertz CT molecular complexity index is 1020. The molecule has 0 aliphatic carbocycles. The molecule has 1 heterocycles. The van der Waals surface area contributed by atoms with Crippen molar-refractivity contribution < 1.29 is 33.0 Å². The molecule has 2 amide bonds. The van der Waals surface area contributed by atoms with Crippen LogP contribution in [0.3, 0.4) is 0 Å². The molecule has 0 radical (unpaired) electrons. The van der Waals surface area contributed by atoms with Crippen LogP contribution in [-0.2, 0) is 13.9 Å². The van der Waals surface area contributed by atoms with Gasteiger partial charge in [-0.1, -0.05) is 20.8 Å². The molecule has 1 aliphatic rings. The Morgan fingerprint density at radius 3 is 2.21 bits per heavy atom. The van der Waals surface area contributed by atoms with Gasteiger partial charge in [-0.05, 0) is 71.3 Å². The van der Waals surface area contributed by atoms with Gasteiger partial charge in [-0.2, -0.15) is 0 Å². The van der Waals surface area contributed by atoms with Crippen LogP contribution < -0.4 is 9.47 Å². The summed E-state index contributed by atoms with van der Waals surface area (Å²) in [7, 11) is 1.85. The van der Waals surface area contributed by atoms with Crippen LogP contribution in [0.1, 0.15) is 72.2 Å². The van der Waals surface area contributed by atoms with Crippen LogP contribution in [0.5, 0.6) is 11.5 Å². The van der Waals surface area contributed by atoms with Gasteiger partial charge >= 0.3 is 6.09 Å². The van der Waals surface area contributed by atoms with Gasteiger partial charge in [0.1, 0.15) is 5.60 Å². The van der Waals surface area contributed by atoms with Crippen molar-refractivity contribution in [1.82, 2.24) is 9.80 Å². The first-order chi connectivity index (χ1) is 19.5. The average molecular weight is 609 g/mol. The van der Waals surface area contributed by atoms with Crippen LogP contribution in [0.15, 0.2) is 18.2 Å². The van der Waals surface area contributed by atoms with Gasteiger partial charge in [0.15, 0.2) is 20.5 Å². The van der Waals surface area contributed by atoms with E-state index in [-0.39, 0.29) is 41.4 Å². The Morgan fingerprint density at radius 2 is 1.69 bits per heavy atom. The number of rotatable bonds is 13. The van der Waals surface area contributed by atoms with E-state index in [1.165, 1.54) is 0 Å². The summed E-state index contributed by atoms with van der Waals surface area (Å²) in [5, 5.41) is 0. The van der Waals surface area contributed by atoms with Crippen molar-refractivity contribution in [3.8, 4) is 11.5 Å². The molecule has 1 fully saturated rings. The number of carbonyl (C=O) groups excluding carboxylic acids is 2. The number of amides is 2. The number of nitrogens with zero attached hydrogens (tertiary/aromatic N) is 2. The first-order valence-corrected chi connectivity index (χ1v) is 18.0. The standard InChI is InChI=1S/C32H56N2O7Si/c1-22(2)34(29(35)23-14-15-26(38-10)27(18-23)39-17-13-16-37-9)20-24-19-33(30(36)40-32(6,7)8)21-25(24)28(31(3,4)5)41-42(11)12/h14-15,18,22,24-25,28,42H,13,16-17,19-21H2,1-12H3/t24-,25+,28?/m0/s1. The van der Waals surface area contributed by atoms with Crippen LogP contribution in [0, 0.1) is 17.3 Å². The third-order valence-electron chi connectivity index (χ3n) is 7.28. The second-order valence-electron chi connectivity index (χ2n) is 13.9. The SMILES string of the molecule is COCCCOc1cc(C(=O)N(C[C@@H]2CN(C(=O)OC(C)(C)C)C[C@H]2C(O[SiH](C)C)C(C)(C)C)C(C)C)ccc1OC. The van der Waals surface area contributed by atoms with Crippen LogP contribution in [-0.4, -0.2) is 95.7 Å². The molecule has 2 rings (SSSR count). The van der Waals surface area contributed by atoms with Crippen LogP contribution in [0.25, 0.3) is 0 Å². The third-order valence-corrected chi connectivity index (χ3v) is 8.12. The molecule has 1 aromatic carbocycles. The van der Waals surface area contributed by atoms with E-state index in [1.807, 2.05) is 39.5 Å². The monoisotopic (exact) mass is 608 g/mol. The Kier molecular flexibility index (Phi) is 13.2. The second-order valence-corrected chi connectivity index (χ2v) is 16.3. The van der Waals surface area contributed by atoms with Crippen molar-refractivity contribution in [2.45, 2.75) is 92.7 Å². The predicted molar refractivity (Wildman–Crippen MR) is 169 cm³/mol. The van der Waals surface area contributed by atoms with Crippen molar-refractivity contribution in [2.75, 3.05) is 47.1 Å². The zero-order chi connectivity index (χ0) is 31.8. The summed E-state index contributed by atoms with van der Waals surface area (Å²) in [6.45, 7) is 23.2. The summed E-state index contributed by atoms with van der Waals surface area (Å²) in [6, 6.07) is 5.25. The summed E-state index contributed by atoms with van der Waals surface area (Å²) >= 11 is 0. The normalized spacial score (nSPS) is 18.4. The number of ether oxygens (including phenoxy) is 4. The minimum Gasteiger partial charge on any atom is -0.493 e. The predicted octanol–water partition coefficient (Wildman–Crippen LogP) is 5.86. The number of methoxy groups -OCH3 is 2. The fourth-order valence-corrected chi connectivity index (χ4v) is 6.60. The van der Waals surface area contributed by atoms with Gasteiger partial charge in [0.05, 0.1) is 19.8 Å². The van der Waals surface area contributed by atoms with E-state index >= 15 is 0 Å². The number of benzene rings is 1. The number of hydrogen-bond acceptors (Lipinski definition) is 7. The van der Waals surface area contributed by atoms with Gasteiger partial charge < -0.3 is 33.2 Å². The van der Waals surface area contributed by atoms with Crippen molar-refractivity contribution in [3.05, 3.63) is 23.8 Å². The molecule has 1 saturated heterocycles. The van der Waals surface area contributed by atoms with Crippen LogP contribution in [0.2, 0.25) is 13.1 Å². The molecule has 0 saturated carbocycles. The van der Waals surface area contributed by atoms with Crippen molar-refractivity contribution >= 4 is 21.0 Å². The third kappa shape index (κ3) is 10.5. The largest absolute Gasteiger partial charge is 0.493 e. The van der Waals surface area contributed by atoms with E-state index in [1.54, 1.807) is 37.3 Å². The molecule has 10 heteroatoms. The van der Waals surface area contributed by atoms with Gasteiger partial charge in [-0.15, -0.1) is 0 Å². The molecule has 42 heavy (non-hydrogen) atoms. The van der Waals surface area contributed by atoms with Crippen LogP contribution >= 0.6 is 0 Å². The first kappa shape index (κ1) is 35.9. The molecule has 3 atom stereocenters. The fraction of sp³-hybridized carbons (Fsp3) is 0.750. The van der Waals surface area contributed by atoms with E-state index in [2.05, 4.69) is 33.9 Å². The molecule has 1 aromatic rings. The first-order valence-electron chi connectivity index (χ1n) is 15.2. The minimum absolute atomic E-state index is 0.0175. The smallest absolute Gasteiger partial charge is 0.410 e. The topological polar surface area (TPSA) is 86.8 Å². The lowest BCUT2D eigenvalue weighted by atomic mass is 9.77. The Balaban J connectivity index is 2.40. The second kappa shape index (κ2) is 15.4. The molecule has 0 spiro atoms.